The minimum Gasteiger partial charge on any atom is -0.396 e. The van der Waals surface area contributed by atoms with Gasteiger partial charge in [-0.15, -0.1) is 0 Å². The van der Waals surface area contributed by atoms with E-state index >= 15 is 0 Å². The van der Waals surface area contributed by atoms with Crippen LogP contribution in [0.4, 0.5) is 0 Å². The van der Waals surface area contributed by atoms with Crippen molar-refractivity contribution in [3.8, 4) is 0 Å². The molecule has 14 atom stereocenters. The predicted molar refractivity (Wildman–Crippen MR) is 122 cm³/mol. The second-order valence-electron chi connectivity index (χ2n) is 13.3. The van der Waals surface area contributed by atoms with Crippen LogP contribution in [0, 0.1) is 52.3 Å². The Labute approximate surface area is 198 Å². The number of ether oxygens (including phenoxy) is 2. The van der Waals surface area contributed by atoms with Crippen molar-refractivity contribution in [1.82, 2.24) is 0 Å². The predicted octanol–water partition coefficient (Wildman–Crippen LogP) is 2.71. The minimum atomic E-state index is -0.708. The first-order valence-corrected chi connectivity index (χ1v) is 13.6. The Morgan fingerprint density at radius 3 is 2.33 bits per heavy atom. The summed E-state index contributed by atoms with van der Waals surface area (Å²) in [4.78, 5) is 0. The highest BCUT2D eigenvalue weighted by molar-refractivity contribution is 5.16. The van der Waals surface area contributed by atoms with Gasteiger partial charge in [-0.05, 0) is 85.4 Å². The van der Waals surface area contributed by atoms with Crippen molar-refractivity contribution in [3.05, 3.63) is 0 Å². The van der Waals surface area contributed by atoms with Gasteiger partial charge < -0.3 is 29.9 Å². The van der Waals surface area contributed by atoms with Crippen LogP contribution in [0.3, 0.4) is 0 Å². The summed E-state index contributed by atoms with van der Waals surface area (Å²) >= 11 is 0. The molecule has 4 N–H and O–H groups in total. The van der Waals surface area contributed by atoms with Crippen LogP contribution in [0.5, 0.6) is 0 Å². The second-order valence-corrected chi connectivity index (χ2v) is 13.3. The molecule has 0 aromatic heterocycles. The van der Waals surface area contributed by atoms with Gasteiger partial charge in [0.2, 0.25) is 0 Å². The quantitative estimate of drug-likeness (QED) is 0.476. The van der Waals surface area contributed by atoms with Crippen LogP contribution in [-0.2, 0) is 9.47 Å². The summed E-state index contributed by atoms with van der Waals surface area (Å²) in [5, 5.41) is 41.7. The molecule has 6 nitrogen and oxygen atoms in total. The molecule has 0 aromatic carbocycles. The second kappa shape index (κ2) is 7.63. The maximum atomic E-state index is 11.3. The fraction of sp³-hybridized carbons (Fsp3) is 1.00. The molecule has 0 bridgehead atoms. The van der Waals surface area contributed by atoms with E-state index in [2.05, 4.69) is 20.8 Å². The van der Waals surface area contributed by atoms with Crippen molar-refractivity contribution >= 4 is 0 Å². The zero-order valence-corrected chi connectivity index (χ0v) is 20.5. The van der Waals surface area contributed by atoms with Crippen molar-refractivity contribution in [2.45, 2.75) is 102 Å². The number of hydrogen-bond donors (Lipinski definition) is 4. The highest BCUT2D eigenvalue weighted by Crippen LogP contribution is 2.71. The third kappa shape index (κ3) is 3.07. The molecule has 6 heteroatoms. The topological polar surface area (TPSA) is 99.4 Å². The molecule has 6 aliphatic rings. The van der Waals surface area contributed by atoms with Gasteiger partial charge in [0, 0.05) is 24.9 Å². The lowest BCUT2D eigenvalue weighted by atomic mass is 9.43. The third-order valence-corrected chi connectivity index (χ3v) is 12.1. The van der Waals surface area contributed by atoms with E-state index in [4.69, 9.17) is 9.47 Å². The van der Waals surface area contributed by atoms with Crippen LogP contribution in [0.25, 0.3) is 0 Å². The maximum absolute atomic E-state index is 11.3. The Morgan fingerprint density at radius 1 is 0.848 bits per heavy atom. The smallest absolute Gasteiger partial charge is 0.171 e. The van der Waals surface area contributed by atoms with E-state index in [0.717, 1.165) is 32.1 Å². The molecule has 0 amide bonds. The van der Waals surface area contributed by atoms with Crippen LogP contribution in [0.15, 0.2) is 0 Å². The van der Waals surface area contributed by atoms with Crippen LogP contribution in [-0.4, -0.2) is 63.8 Å². The number of fused-ring (bicyclic) bond motifs is 7. The van der Waals surface area contributed by atoms with Gasteiger partial charge in [0.1, 0.15) is 0 Å². The van der Waals surface area contributed by atoms with Gasteiger partial charge in [-0.2, -0.15) is 0 Å². The third-order valence-electron chi connectivity index (χ3n) is 12.1. The van der Waals surface area contributed by atoms with E-state index in [-0.39, 0.29) is 35.4 Å². The van der Waals surface area contributed by atoms with Gasteiger partial charge in [0.15, 0.2) is 5.79 Å². The summed E-state index contributed by atoms with van der Waals surface area (Å²) in [7, 11) is 0. The number of aliphatic hydroxyl groups excluding tert-OH is 4. The SMILES string of the molecule is C[C@H]1[C@H]2[C@H](CC3C4C[C@@H](O)[C@H]5C[C@@H](O)[C@H](O)C[C@]5(C)C4CC[C@@]32C)O[C@]12CC[C@@H](CO)CO2. The number of aliphatic hydroxyl groups is 4. The lowest BCUT2D eigenvalue weighted by Gasteiger charge is -2.62. The van der Waals surface area contributed by atoms with Crippen LogP contribution >= 0.6 is 0 Å². The molecule has 4 aliphatic carbocycles. The van der Waals surface area contributed by atoms with Gasteiger partial charge in [-0.1, -0.05) is 20.8 Å². The maximum Gasteiger partial charge on any atom is 0.171 e. The summed E-state index contributed by atoms with van der Waals surface area (Å²) in [6.07, 6.45) is 5.54. The molecule has 0 aromatic rings. The largest absolute Gasteiger partial charge is 0.396 e. The van der Waals surface area contributed by atoms with E-state index in [1.54, 1.807) is 0 Å². The molecule has 2 heterocycles. The van der Waals surface area contributed by atoms with Crippen molar-refractivity contribution in [2.75, 3.05) is 13.2 Å². The van der Waals surface area contributed by atoms with Crippen molar-refractivity contribution in [3.63, 3.8) is 0 Å². The molecular formula is C27H44O6. The van der Waals surface area contributed by atoms with E-state index < -0.39 is 24.1 Å². The summed E-state index contributed by atoms with van der Waals surface area (Å²) < 4.78 is 13.2. The average Bonchev–Trinajstić information content (AvgIpc) is 3.21. The molecule has 188 valence electrons. The molecule has 33 heavy (non-hydrogen) atoms. The molecule has 0 radical (unpaired) electrons. The highest BCUT2D eigenvalue weighted by Gasteiger charge is 2.70. The molecule has 6 fully saturated rings. The fourth-order valence-electron chi connectivity index (χ4n) is 10.4. The van der Waals surface area contributed by atoms with E-state index in [9.17, 15) is 20.4 Å². The van der Waals surface area contributed by atoms with Crippen LogP contribution in [0.1, 0.15) is 72.1 Å². The van der Waals surface area contributed by atoms with Crippen molar-refractivity contribution in [2.24, 2.45) is 52.3 Å². The first-order chi connectivity index (χ1) is 15.6. The summed E-state index contributed by atoms with van der Waals surface area (Å²) in [5.74, 6) is 2.09. The molecule has 2 saturated heterocycles. The Bertz CT molecular complexity index is 766. The van der Waals surface area contributed by atoms with E-state index in [1.807, 2.05) is 0 Å². The molecule has 3 unspecified atom stereocenters. The lowest BCUT2D eigenvalue weighted by Crippen LogP contribution is -2.61. The Morgan fingerprint density at radius 2 is 1.64 bits per heavy atom. The van der Waals surface area contributed by atoms with Crippen LogP contribution in [0.2, 0.25) is 0 Å². The first-order valence-electron chi connectivity index (χ1n) is 13.6. The van der Waals surface area contributed by atoms with Crippen molar-refractivity contribution < 1.29 is 29.9 Å². The van der Waals surface area contributed by atoms with Gasteiger partial charge in [-0.25, -0.2) is 0 Å². The fourth-order valence-corrected chi connectivity index (χ4v) is 10.4. The Balaban J connectivity index is 1.26. The molecule has 6 rings (SSSR count). The number of rotatable bonds is 1. The Hall–Kier alpha value is -0.240. The van der Waals surface area contributed by atoms with E-state index in [0.29, 0.717) is 49.0 Å². The summed E-state index contributed by atoms with van der Waals surface area (Å²) in [6, 6.07) is 0. The first kappa shape index (κ1) is 23.2. The molecule has 2 aliphatic heterocycles. The number of hydrogen-bond acceptors (Lipinski definition) is 6. The van der Waals surface area contributed by atoms with Gasteiger partial charge in [0.25, 0.3) is 0 Å². The zero-order chi connectivity index (χ0) is 23.3. The summed E-state index contributed by atoms with van der Waals surface area (Å²) in [6.45, 7) is 7.87. The highest BCUT2D eigenvalue weighted by atomic mass is 16.7. The average molecular weight is 465 g/mol. The molecular weight excluding hydrogens is 420 g/mol. The van der Waals surface area contributed by atoms with Gasteiger partial charge >= 0.3 is 0 Å². The normalized spacial score (nSPS) is 62.5. The zero-order valence-electron chi connectivity index (χ0n) is 20.5. The standard InChI is InChI=1S/C27H44O6/c1-14-24-23(33-27(14)7-4-15(12-28)13-32-27)10-18-16-8-20(29)19-9-21(30)22(31)11-26(19,3)17(16)5-6-25(18,24)2/h14-24,28-31H,4-13H2,1-3H3/t14-,15-,16?,17?,18?,19+,20+,21+,22+,23-,24-,25-,26+,27+/m0/s1. The monoisotopic (exact) mass is 464 g/mol. The Kier molecular flexibility index (Phi) is 5.36. The minimum absolute atomic E-state index is 0.0796. The van der Waals surface area contributed by atoms with Crippen molar-refractivity contribution in [1.29, 1.82) is 0 Å². The van der Waals surface area contributed by atoms with Crippen LogP contribution < -0.4 is 0 Å². The van der Waals surface area contributed by atoms with E-state index in [1.165, 1.54) is 6.42 Å². The molecule has 4 saturated carbocycles. The van der Waals surface area contributed by atoms with Gasteiger partial charge in [0.05, 0.1) is 31.0 Å². The van der Waals surface area contributed by atoms with Gasteiger partial charge in [-0.3, -0.25) is 0 Å². The lowest BCUT2D eigenvalue weighted by molar-refractivity contribution is -0.276. The molecule has 1 spiro atoms. The summed E-state index contributed by atoms with van der Waals surface area (Å²) in [5.41, 5.74) is 0.0706.